The molecule has 0 aliphatic carbocycles. The molecule has 1 aromatic carbocycles. The van der Waals surface area contributed by atoms with Gasteiger partial charge in [-0.25, -0.2) is 9.97 Å². The van der Waals surface area contributed by atoms with Crippen molar-refractivity contribution in [3.63, 3.8) is 0 Å². The van der Waals surface area contributed by atoms with Crippen LogP contribution >= 0.6 is 0 Å². The molecule has 0 aliphatic rings. The van der Waals surface area contributed by atoms with Crippen LogP contribution in [0.15, 0.2) is 36.7 Å². The molecule has 2 aromatic rings. The van der Waals surface area contributed by atoms with Crippen LogP contribution in [0.4, 0.5) is 11.5 Å². The summed E-state index contributed by atoms with van der Waals surface area (Å²) in [6, 6.07) is 7.60. The van der Waals surface area contributed by atoms with Gasteiger partial charge in [-0.05, 0) is 25.5 Å². The minimum Gasteiger partial charge on any atom is -0.369 e. The van der Waals surface area contributed by atoms with Gasteiger partial charge in [-0.15, -0.1) is 0 Å². The molecule has 19 heavy (non-hydrogen) atoms. The summed E-state index contributed by atoms with van der Waals surface area (Å²) in [5.74, 6) is 0.403. The fourth-order valence-corrected chi connectivity index (χ4v) is 1.62. The molecule has 0 atom stereocenters. The molecule has 5 heteroatoms. The van der Waals surface area contributed by atoms with Crippen molar-refractivity contribution in [1.82, 2.24) is 9.97 Å². The second kappa shape index (κ2) is 5.95. The predicted octanol–water partition coefficient (Wildman–Crippen LogP) is 2.47. The summed E-state index contributed by atoms with van der Waals surface area (Å²) in [4.78, 5) is 20.2. The van der Waals surface area contributed by atoms with E-state index in [-0.39, 0.29) is 5.91 Å². The molecule has 98 valence electrons. The number of hydrogen-bond donors (Lipinski definition) is 2. The molecule has 5 nitrogen and oxygen atoms in total. The number of para-hydroxylation sites is 1. The number of nitrogens with zero attached hydrogens (tertiary/aromatic N) is 2. The number of nitrogens with one attached hydrogen (secondary N) is 2. The van der Waals surface area contributed by atoms with Gasteiger partial charge in [0.15, 0.2) is 0 Å². The molecule has 0 aliphatic heterocycles. The van der Waals surface area contributed by atoms with E-state index in [1.165, 1.54) is 6.20 Å². The molecule has 2 N–H and O–H groups in total. The SMILES string of the molecule is CCNc1cnc(C(=O)Nc2ccccc2C)cn1. The zero-order valence-electron chi connectivity index (χ0n) is 11.0. The maximum Gasteiger partial charge on any atom is 0.275 e. The molecule has 0 spiro atoms. The highest BCUT2D eigenvalue weighted by Gasteiger charge is 2.09. The normalized spacial score (nSPS) is 10.0. The molecule has 0 saturated carbocycles. The van der Waals surface area contributed by atoms with E-state index < -0.39 is 0 Å². The Kier molecular flexibility index (Phi) is 4.07. The number of aromatic nitrogens is 2. The van der Waals surface area contributed by atoms with E-state index in [4.69, 9.17) is 0 Å². The Hall–Kier alpha value is -2.43. The van der Waals surface area contributed by atoms with E-state index in [1.54, 1.807) is 6.20 Å². The van der Waals surface area contributed by atoms with Gasteiger partial charge in [-0.1, -0.05) is 18.2 Å². The van der Waals surface area contributed by atoms with Gasteiger partial charge in [0.2, 0.25) is 0 Å². The summed E-state index contributed by atoms with van der Waals surface area (Å²) in [6.07, 6.45) is 3.02. The Bertz CT molecular complexity index is 566. The Morgan fingerprint density at radius 2 is 2.00 bits per heavy atom. The van der Waals surface area contributed by atoms with E-state index in [9.17, 15) is 4.79 Å². The summed E-state index contributed by atoms with van der Waals surface area (Å²) in [5.41, 5.74) is 2.09. The van der Waals surface area contributed by atoms with Crippen molar-refractivity contribution in [1.29, 1.82) is 0 Å². The zero-order chi connectivity index (χ0) is 13.7. The van der Waals surface area contributed by atoms with Crippen molar-refractivity contribution in [2.45, 2.75) is 13.8 Å². The summed E-state index contributed by atoms with van der Waals surface area (Å²) in [5, 5.41) is 5.84. The fraction of sp³-hybridized carbons (Fsp3) is 0.214. The monoisotopic (exact) mass is 256 g/mol. The van der Waals surface area contributed by atoms with Crippen molar-refractivity contribution >= 4 is 17.4 Å². The molecular formula is C14H16N4O. The predicted molar refractivity (Wildman–Crippen MR) is 75.3 cm³/mol. The summed E-state index contributed by atoms with van der Waals surface area (Å²) in [7, 11) is 0. The van der Waals surface area contributed by atoms with E-state index in [0.717, 1.165) is 17.8 Å². The minimum atomic E-state index is -0.259. The lowest BCUT2D eigenvalue weighted by Gasteiger charge is -2.07. The number of amides is 1. The van der Waals surface area contributed by atoms with Crippen LogP contribution in [0.2, 0.25) is 0 Å². The van der Waals surface area contributed by atoms with Crippen LogP contribution in [0.3, 0.4) is 0 Å². The van der Waals surface area contributed by atoms with Crippen molar-refractivity contribution in [2.75, 3.05) is 17.2 Å². The van der Waals surface area contributed by atoms with Crippen LogP contribution in [-0.4, -0.2) is 22.4 Å². The second-order valence-corrected chi connectivity index (χ2v) is 4.09. The third-order valence-electron chi connectivity index (χ3n) is 2.64. The maximum absolute atomic E-state index is 12.0. The van der Waals surface area contributed by atoms with Gasteiger partial charge in [0.05, 0.1) is 12.4 Å². The highest BCUT2D eigenvalue weighted by atomic mass is 16.1. The van der Waals surface area contributed by atoms with Gasteiger partial charge >= 0.3 is 0 Å². The quantitative estimate of drug-likeness (QED) is 0.881. The van der Waals surface area contributed by atoms with Crippen LogP contribution in [0.25, 0.3) is 0 Å². The van der Waals surface area contributed by atoms with Gasteiger partial charge in [-0.2, -0.15) is 0 Å². The van der Waals surface area contributed by atoms with Gasteiger partial charge in [0, 0.05) is 12.2 Å². The highest BCUT2D eigenvalue weighted by Crippen LogP contribution is 2.14. The number of hydrogen-bond acceptors (Lipinski definition) is 4. The van der Waals surface area contributed by atoms with Crippen molar-refractivity contribution in [3.05, 3.63) is 47.9 Å². The number of carbonyl (C=O) groups is 1. The molecule has 1 aromatic heterocycles. The molecule has 0 unspecified atom stereocenters. The molecule has 1 amide bonds. The van der Waals surface area contributed by atoms with Crippen molar-refractivity contribution in [3.8, 4) is 0 Å². The standard InChI is InChI=1S/C14H16N4O/c1-3-15-13-9-16-12(8-17-13)14(19)18-11-7-5-4-6-10(11)2/h4-9H,3H2,1-2H3,(H,15,17)(H,18,19). The van der Waals surface area contributed by atoms with Crippen LogP contribution in [-0.2, 0) is 0 Å². The number of anilines is 2. The molecular weight excluding hydrogens is 240 g/mol. The lowest BCUT2D eigenvalue weighted by Crippen LogP contribution is -2.15. The molecule has 0 saturated heterocycles. The van der Waals surface area contributed by atoms with Gasteiger partial charge in [0.1, 0.15) is 11.5 Å². The first-order valence-electron chi connectivity index (χ1n) is 6.13. The molecule has 0 radical (unpaired) electrons. The lowest BCUT2D eigenvalue weighted by atomic mass is 10.2. The van der Waals surface area contributed by atoms with E-state index in [2.05, 4.69) is 20.6 Å². The number of benzene rings is 1. The van der Waals surface area contributed by atoms with Crippen molar-refractivity contribution in [2.24, 2.45) is 0 Å². The maximum atomic E-state index is 12.0. The van der Waals surface area contributed by atoms with Crippen LogP contribution < -0.4 is 10.6 Å². The Balaban J connectivity index is 2.10. The fourth-order valence-electron chi connectivity index (χ4n) is 1.62. The van der Waals surface area contributed by atoms with E-state index >= 15 is 0 Å². The Labute approximate surface area is 112 Å². The third kappa shape index (κ3) is 3.28. The Morgan fingerprint density at radius 3 is 2.63 bits per heavy atom. The van der Waals surface area contributed by atoms with Gasteiger partial charge in [0.25, 0.3) is 5.91 Å². The van der Waals surface area contributed by atoms with Crippen LogP contribution in [0, 0.1) is 6.92 Å². The second-order valence-electron chi connectivity index (χ2n) is 4.09. The largest absolute Gasteiger partial charge is 0.369 e. The molecule has 0 bridgehead atoms. The first-order valence-corrected chi connectivity index (χ1v) is 6.13. The summed E-state index contributed by atoms with van der Waals surface area (Å²) >= 11 is 0. The van der Waals surface area contributed by atoms with E-state index in [1.807, 2.05) is 38.1 Å². The van der Waals surface area contributed by atoms with Gasteiger partial charge < -0.3 is 10.6 Å². The van der Waals surface area contributed by atoms with Crippen LogP contribution in [0.5, 0.6) is 0 Å². The topological polar surface area (TPSA) is 66.9 Å². The minimum absolute atomic E-state index is 0.259. The molecule has 1 heterocycles. The number of carbonyl (C=O) groups excluding carboxylic acids is 1. The molecule has 0 fully saturated rings. The summed E-state index contributed by atoms with van der Waals surface area (Å²) < 4.78 is 0. The van der Waals surface area contributed by atoms with Gasteiger partial charge in [-0.3, -0.25) is 4.79 Å². The first-order chi connectivity index (χ1) is 9.20. The van der Waals surface area contributed by atoms with E-state index in [0.29, 0.717) is 11.5 Å². The van der Waals surface area contributed by atoms with Crippen LogP contribution in [0.1, 0.15) is 23.0 Å². The Morgan fingerprint density at radius 1 is 1.21 bits per heavy atom. The zero-order valence-corrected chi connectivity index (χ0v) is 11.0. The third-order valence-corrected chi connectivity index (χ3v) is 2.64. The average Bonchev–Trinajstić information content (AvgIpc) is 2.42. The first kappa shape index (κ1) is 13.0. The average molecular weight is 256 g/mol. The van der Waals surface area contributed by atoms with Crippen molar-refractivity contribution < 1.29 is 4.79 Å². The lowest BCUT2D eigenvalue weighted by molar-refractivity contribution is 0.102. The number of rotatable bonds is 4. The molecule has 2 rings (SSSR count). The number of aryl methyl sites for hydroxylation is 1. The highest BCUT2D eigenvalue weighted by molar-refractivity contribution is 6.03. The summed E-state index contributed by atoms with van der Waals surface area (Å²) in [6.45, 7) is 4.68. The smallest absolute Gasteiger partial charge is 0.275 e.